The van der Waals surface area contributed by atoms with E-state index in [4.69, 9.17) is 4.74 Å². The average molecular weight is 417 g/mol. The van der Waals surface area contributed by atoms with Gasteiger partial charge in [-0.3, -0.25) is 4.79 Å². The SMILES string of the molecule is COc1cccc(C(=O)NCCSc2c(-c3ccc(C)cc3)[nH]c3ccccc23)c1. The van der Waals surface area contributed by atoms with Crippen LogP contribution < -0.4 is 10.1 Å². The van der Waals surface area contributed by atoms with Crippen LogP contribution in [0.15, 0.2) is 77.7 Å². The first kappa shape index (κ1) is 20.1. The molecule has 2 N–H and O–H groups in total. The van der Waals surface area contributed by atoms with Gasteiger partial charge in [-0.1, -0.05) is 54.1 Å². The Bertz CT molecular complexity index is 1170. The highest BCUT2D eigenvalue weighted by Gasteiger charge is 2.14. The summed E-state index contributed by atoms with van der Waals surface area (Å²) < 4.78 is 5.20. The monoisotopic (exact) mass is 416 g/mol. The zero-order valence-electron chi connectivity index (χ0n) is 17.1. The molecule has 4 aromatic rings. The van der Waals surface area contributed by atoms with Crippen LogP contribution in [0.5, 0.6) is 5.75 Å². The first-order valence-corrected chi connectivity index (χ1v) is 10.9. The minimum absolute atomic E-state index is 0.0906. The Morgan fingerprint density at radius 1 is 1.03 bits per heavy atom. The summed E-state index contributed by atoms with van der Waals surface area (Å²) in [6, 6.07) is 24.1. The molecule has 0 bridgehead atoms. The number of hydrogen-bond donors (Lipinski definition) is 2. The van der Waals surface area contributed by atoms with Gasteiger partial charge in [-0.2, -0.15) is 0 Å². The van der Waals surface area contributed by atoms with Gasteiger partial charge in [0.25, 0.3) is 5.91 Å². The molecule has 3 aromatic carbocycles. The van der Waals surface area contributed by atoms with Crippen LogP contribution >= 0.6 is 11.8 Å². The fraction of sp³-hybridized carbons (Fsp3) is 0.160. The molecule has 0 aliphatic rings. The number of ether oxygens (including phenoxy) is 1. The van der Waals surface area contributed by atoms with E-state index >= 15 is 0 Å². The summed E-state index contributed by atoms with van der Waals surface area (Å²) in [5, 5.41) is 4.21. The van der Waals surface area contributed by atoms with Crippen molar-refractivity contribution < 1.29 is 9.53 Å². The van der Waals surface area contributed by atoms with Crippen molar-refractivity contribution in [2.24, 2.45) is 0 Å². The normalized spacial score (nSPS) is 10.9. The predicted molar refractivity (Wildman–Crippen MR) is 125 cm³/mol. The number of aromatic amines is 1. The lowest BCUT2D eigenvalue weighted by Crippen LogP contribution is -2.25. The van der Waals surface area contributed by atoms with Crippen molar-refractivity contribution in [3.05, 3.63) is 83.9 Å². The van der Waals surface area contributed by atoms with Crippen molar-refractivity contribution in [1.82, 2.24) is 10.3 Å². The standard InChI is InChI=1S/C25H24N2O2S/c1-17-10-12-18(13-11-17)23-24(21-8-3-4-9-22(21)27-23)30-15-14-26-25(28)19-6-5-7-20(16-19)29-2/h3-13,16,27H,14-15H2,1-2H3,(H,26,28). The van der Waals surface area contributed by atoms with Crippen LogP contribution in [-0.4, -0.2) is 30.3 Å². The second kappa shape index (κ2) is 9.09. The van der Waals surface area contributed by atoms with Crippen LogP contribution in [0.1, 0.15) is 15.9 Å². The molecular weight excluding hydrogens is 392 g/mol. The van der Waals surface area contributed by atoms with Crippen LogP contribution in [0.4, 0.5) is 0 Å². The Labute approximate surface area is 180 Å². The number of carbonyl (C=O) groups excluding carboxylic acids is 1. The van der Waals surface area contributed by atoms with Crippen LogP contribution in [0.25, 0.3) is 22.2 Å². The fourth-order valence-corrected chi connectivity index (χ4v) is 4.43. The van der Waals surface area contributed by atoms with E-state index in [1.54, 1.807) is 31.0 Å². The lowest BCUT2D eigenvalue weighted by atomic mass is 10.1. The van der Waals surface area contributed by atoms with Gasteiger partial charge in [0.1, 0.15) is 5.75 Å². The van der Waals surface area contributed by atoms with Crippen LogP contribution in [0.2, 0.25) is 0 Å². The van der Waals surface area contributed by atoms with Gasteiger partial charge in [0.15, 0.2) is 0 Å². The second-order valence-electron chi connectivity index (χ2n) is 7.08. The van der Waals surface area contributed by atoms with E-state index in [2.05, 4.69) is 59.7 Å². The molecule has 1 heterocycles. The molecule has 0 aliphatic carbocycles. The lowest BCUT2D eigenvalue weighted by Gasteiger charge is -2.08. The van der Waals surface area contributed by atoms with Gasteiger partial charge in [-0.15, -0.1) is 11.8 Å². The largest absolute Gasteiger partial charge is 0.497 e. The Kier molecular flexibility index (Phi) is 6.10. The maximum absolute atomic E-state index is 12.4. The molecule has 30 heavy (non-hydrogen) atoms. The van der Waals surface area contributed by atoms with Crippen molar-refractivity contribution in [3.8, 4) is 17.0 Å². The van der Waals surface area contributed by atoms with Gasteiger partial charge in [0.2, 0.25) is 0 Å². The molecule has 4 nitrogen and oxygen atoms in total. The molecule has 152 valence electrons. The van der Waals surface area contributed by atoms with Gasteiger partial charge >= 0.3 is 0 Å². The highest BCUT2D eigenvalue weighted by atomic mass is 32.2. The number of fused-ring (bicyclic) bond motifs is 1. The molecule has 1 aromatic heterocycles. The number of aromatic nitrogens is 1. The number of benzene rings is 3. The number of hydrogen-bond acceptors (Lipinski definition) is 3. The molecule has 1 amide bonds. The number of methoxy groups -OCH3 is 1. The molecule has 0 aliphatic heterocycles. The summed E-state index contributed by atoms with van der Waals surface area (Å²) in [6.45, 7) is 2.67. The van der Waals surface area contributed by atoms with Gasteiger partial charge in [-0.25, -0.2) is 0 Å². The van der Waals surface area contributed by atoms with Crippen LogP contribution in [0, 0.1) is 6.92 Å². The number of rotatable bonds is 7. The first-order chi connectivity index (χ1) is 14.7. The molecule has 0 spiro atoms. The fourth-order valence-electron chi connectivity index (χ4n) is 3.37. The Hall–Kier alpha value is -3.18. The summed E-state index contributed by atoms with van der Waals surface area (Å²) >= 11 is 1.76. The summed E-state index contributed by atoms with van der Waals surface area (Å²) in [5.74, 6) is 1.36. The smallest absolute Gasteiger partial charge is 0.251 e. The molecule has 0 radical (unpaired) electrons. The summed E-state index contributed by atoms with van der Waals surface area (Å²) in [7, 11) is 1.60. The maximum atomic E-state index is 12.4. The number of H-pyrrole nitrogens is 1. The van der Waals surface area contributed by atoms with E-state index in [0.29, 0.717) is 17.9 Å². The minimum Gasteiger partial charge on any atom is -0.497 e. The maximum Gasteiger partial charge on any atom is 0.251 e. The molecule has 5 heteroatoms. The quantitative estimate of drug-likeness (QED) is 0.301. The van der Waals surface area contributed by atoms with E-state index < -0.39 is 0 Å². The van der Waals surface area contributed by atoms with Crippen LogP contribution in [0.3, 0.4) is 0 Å². The number of aryl methyl sites for hydroxylation is 1. The molecule has 4 rings (SSSR count). The highest BCUT2D eigenvalue weighted by molar-refractivity contribution is 7.99. The average Bonchev–Trinajstić information content (AvgIpc) is 3.15. The highest BCUT2D eigenvalue weighted by Crippen LogP contribution is 2.37. The molecule has 0 unspecified atom stereocenters. The van der Waals surface area contributed by atoms with Gasteiger partial charge < -0.3 is 15.0 Å². The third kappa shape index (κ3) is 4.36. The third-order valence-electron chi connectivity index (χ3n) is 4.96. The van der Waals surface area contributed by atoms with Crippen LogP contribution in [-0.2, 0) is 0 Å². The van der Waals surface area contributed by atoms with Crippen molar-refractivity contribution in [3.63, 3.8) is 0 Å². The van der Waals surface area contributed by atoms with Gasteiger partial charge in [0, 0.05) is 33.7 Å². The lowest BCUT2D eigenvalue weighted by molar-refractivity contribution is 0.0956. The Morgan fingerprint density at radius 2 is 1.83 bits per heavy atom. The van der Waals surface area contributed by atoms with E-state index in [0.717, 1.165) is 17.0 Å². The zero-order valence-corrected chi connectivity index (χ0v) is 17.9. The van der Waals surface area contributed by atoms with Gasteiger partial charge in [-0.05, 0) is 36.8 Å². The number of carbonyl (C=O) groups is 1. The molecule has 0 fully saturated rings. The van der Waals surface area contributed by atoms with Gasteiger partial charge in [0.05, 0.1) is 12.8 Å². The molecule has 0 saturated carbocycles. The van der Waals surface area contributed by atoms with E-state index in [1.165, 1.54) is 21.4 Å². The second-order valence-corrected chi connectivity index (χ2v) is 8.18. The van der Waals surface area contributed by atoms with E-state index in [1.807, 2.05) is 18.2 Å². The summed E-state index contributed by atoms with van der Waals surface area (Å²) in [5.41, 5.74) is 5.26. The van der Waals surface area contributed by atoms with E-state index in [9.17, 15) is 4.79 Å². The van der Waals surface area contributed by atoms with Crippen molar-refractivity contribution in [1.29, 1.82) is 0 Å². The Balaban J connectivity index is 1.47. The third-order valence-corrected chi connectivity index (χ3v) is 6.09. The number of para-hydroxylation sites is 1. The van der Waals surface area contributed by atoms with Crippen molar-refractivity contribution in [2.45, 2.75) is 11.8 Å². The summed E-state index contributed by atoms with van der Waals surface area (Å²) in [4.78, 5) is 17.2. The number of amides is 1. The molecule has 0 atom stereocenters. The summed E-state index contributed by atoms with van der Waals surface area (Å²) in [6.07, 6.45) is 0. The topological polar surface area (TPSA) is 54.1 Å². The number of thioether (sulfide) groups is 1. The number of nitrogens with one attached hydrogen (secondary N) is 2. The van der Waals surface area contributed by atoms with E-state index in [-0.39, 0.29) is 5.91 Å². The molecule has 0 saturated heterocycles. The minimum atomic E-state index is -0.0906. The zero-order chi connectivity index (χ0) is 20.9. The first-order valence-electron chi connectivity index (χ1n) is 9.88. The van der Waals surface area contributed by atoms with Crippen molar-refractivity contribution >= 4 is 28.6 Å². The molecular formula is C25H24N2O2S. The predicted octanol–water partition coefficient (Wildman–Crippen LogP) is 5.67. The Morgan fingerprint density at radius 3 is 2.63 bits per heavy atom. The van der Waals surface area contributed by atoms with Crippen molar-refractivity contribution in [2.75, 3.05) is 19.4 Å².